The highest BCUT2D eigenvalue weighted by atomic mass is 16.2. The number of para-hydroxylation sites is 1. The maximum Gasteiger partial charge on any atom is 0.247 e. The molecule has 0 bridgehead atoms. The second-order valence-electron chi connectivity index (χ2n) is 6.79. The quantitative estimate of drug-likeness (QED) is 0.494. The number of piperidine rings is 1. The number of amides is 1. The van der Waals surface area contributed by atoms with Crippen molar-refractivity contribution in [1.29, 1.82) is 0 Å². The van der Waals surface area contributed by atoms with Gasteiger partial charge in [0.2, 0.25) is 5.91 Å². The smallest absolute Gasteiger partial charge is 0.247 e. The van der Waals surface area contributed by atoms with E-state index in [-0.39, 0.29) is 11.7 Å². The van der Waals surface area contributed by atoms with Crippen LogP contribution in [0.2, 0.25) is 0 Å². The number of anilines is 1. The first kappa shape index (κ1) is 16.5. The van der Waals surface area contributed by atoms with Crippen molar-refractivity contribution in [1.82, 2.24) is 4.90 Å². The summed E-state index contributed by atoms with van der Waals surface area (Å²) in [5.41, 5.74) is 10.2. The molecule has 0 aromatic heterocycles. The van der Waals surface area contributed by atoms with Crippen LogP contribution in [0.25, 0.3) is 0 Å². The summed E-state index contributed by atoms with van der Waals surface area (Å²) in [4.78, 5) is 18.6. The van der Waals surface area contributed by atoms with E-state index >= 15 is 0 Å². The summed E-state index contributed by atoms with van der Waals surface area (Å²) in [5.74, 6) is 0.299. The molecule has 128 valence electrons. The predicted octanol–water partition coefficient (Wildman–Crippen LogP) is 2.23. The van der Waals surface area contributed by atoms with Gasteiger partial charge in [0.15, 0.2) is 0 Å². The molecular weight excluding hydrogens is 302 g/mol. The Bertz CT molecular complexity index is 626. The Morgan fingerprint density at radius 2 is 1.92 bits per heavy atom. The number of hydrogen-bond donors (Lipinski definition) is 2. The van der Waals surface area contributed by atoms with Gasteiger partial charge < -0.3 is 10.6 Å². The van der Waals surface area contributed by atoms with E-state index in [1.807, 2.05) is 35.2 Å². The van der Waals surface area contributed by atoms with Gasteiger partial charge >= 0.3 is 0 Å². The topological polar surface area (TPSA) is 83.1 Å². The SMILES string of the molecule is CC(N=C(N)/C=N\Nc1ccccc1)C(=O)N1CCC2(CC1)CC2. The molecule has 2 aliphatic rings. The van der Waals surface area contributed by atoms with Gasteiger partial charge in [0, 0.05) is 13.1 Å². The lowest BCUT2D eigenvalue weighted by atomic mass is 9.93. The molecule has 3 rings (SSSR count). The number of carbonyl (C=O) groups is 1. The van der Waals surface area contributed by atoms with Gasteiger partial charge in [0.05, 0.1) is 11.9 Å². The Morgan fingerprint density at radius 3 is 2.54 bits per heavy atom. The second kappa shape index (κ2) is 7.03. The molecule has 1 saturated carbocycles. The van der Waals surface area contributed by atoms with Crippen molar-refractivity contribution < 1.29 is 4.79 Å². The highest BCUT2D eigenvalue weighted by Crippen LogP contribution is 2.53. The van der Waals surface area contributed by atoms with E-state index in [2.05, 4.69) is 15.5 Å². The molecule has 1 aromatic rings. The molecule has 1 atom stereocenters. The minimum Gasteiger partial charge on any atom is -0.383 e. The largest absolute Gasteiger partial charge is 0.383 e. The Hall–Kier alpha value is -2.37. The number of benzene rings is 1. The van der Waals surface area contributed by atoms with Gasteiger partial charge in [-0.25, -0.2) is 0 Å². The zero-order valence-electron chi connectivity index (χ0n) is 14.1. The van der Waals surface area contributed by atoms with Crippen LogP contribution < -0.4 is 11.2 Å². The summed E-state index contributed by atoms with van der Waals surface area (Å²) in [6.07, 6.45) is 6.37. The van der Waals surface area contributed by atoms with E-state index in [4.69, 9.17) is 5.73 Å². The summed E-state index contributed by atoms with van der Waals surface area (Å²) in [5, 5.41) is 4.04. The van der Waals surface area contributed by atoms with Gasteiger partial charge in [-0.05, 0) is 50.2 Å². The van der Waals surface area contributed by atoms with E-state index < -0.39 is 6.04 Å². The Kier molecular flexibility index (Phi) is 4.83. The molecule has 2 fully saturated rings. The third-order valence-electron chi connectivity index (χ3n) is 4.96. The monoisotopic (exact) mass is 327 g/mol. The molecule has 0 radical (unpaired) electrons. The second-order valence-corrected chi connectivity index (χ2v) is 6.79. The Labute approximate surface area is 142 Å². The average molecular weight is 327 g/mol. The van der Waals surface area contributed by atoms with Crippen LogP contribution in [-0.2, 0) is 4.79 Å². The fourth-order valence-corrected chi connectivity index (χ4v) is 3.14. The van der Waals surface area contributed by atoms with Gasteiger partial charge in [-0.2, -0.15) is 5.10 Å². The van der Waals surface area contributed by atoms with Crippen LogP contribution in [0.15, 0.2) is 40.4 Å². The first-order valence-electron chi connectivity index (χ1n) is 8.54. The molecule has 1 unspecified atom stereocenters. The molecule has 3 N–H and O–H groups in total. The van der Waals surface area contributed by atoms with E-state index in [0.717, 1.165) is 31.6 Å². The van der Waals surface area contributed by atoms with E-state index in [1.54, 1.807) is 6.92 Å². The number of nitrogens with two attached hydrogens (primary N) is 1. The molecule has 1 saturated heterocycles. The van der Waals surface area contributed by atoms with Crippen LogP contribution in [-0.4, -0.2) is 42.0 Å². The number of carbonyl (C=O) groups excluding carboxylic acids is 1. The van der Waals surface area contributed by atoms with Crippen molar-refractivity contribution in [2.24, 2.45) is 21.2 Å². The highest BCUT2D eigenvalue weighted by molar-refractivity contribution is 6.29. The number of amidine groups is 1. The molecule has 24 heavy (non-hydrogen) atoms. The highest BCUT2D eigenvalue weighted by Gasteiger charge is 2.45. The van der Waals surface area contributed by atoms with Crippen molar-refractivity contribution in [2.45, 2.75) is 38.6 Å². The van der Waals surface area contributed by atoms with E-state index in [0.29, 0.717) is 5.41 Å². The van der Waals surface area contributed by atoms with Gasteiger partial charge in [-0.15, -0.1) is 0 Å². The minimum absolute atomic E-state index is 0.0536. The Morgan fingerprint density at radius 1 is 1.25 bits per heavy atom. The maximum atomic E-state index is 12.5. The maximum absolute atomic E-state index is 12.5. The summed E-state index contributed by atoms with van der Waals surface area (Å²) < 4.78 is 0. The number of likely N-dealkylation sites (tertiary alicyclic amines) is 1. The summed E-state index contributed by atoms with van der Waals surface area (Å²) >= 11 is 0. The first-order valence-corrected chi connectivity index (χ1v) is 8.54. The molecule has 1 heterocycles. The third-order valence-corrected chi connectivity index (χ3v) is 4.96. The fourth-order valence-electron chi connectivity index (χ4n) is 3.14. The van der Waals surface area contributed by atoms with Gasteiger partial charge in [-0.1, -0.05) is 18.2 Å². The summed E-state index contributed by atoms with van der Waals surface area (Å²) in [6, 6.07) is 9.10. The molecule has 1 aliphatic carbocycles. The minimum atomic E-state index is -0.471. The zero-order chi connectivity index (χ0) is 17.0. The van der Waals surface area contributed by atoms with Crippen LogP contribution in [0.1, 0.15) is 32.6 Å². The number of rotatable bonds is 5. The molecule has 1 aromatic carbocycles. The van der Waals surface area contributed by atoms with Crippen molar-refractivity contribution in [3.8, 4) is 0 Å². The number of aliphatic imine (C=N–C) groups is 1. The van der Waals surface area contributed by atoms with Crippen molar-refractivity contribution >= 4 is 23.6 Å². The molecular formula is C18H25N5O. The molecule has 6 heteroatoms. The van der Waals surface area contributed by atoms with Crippen LogP contribution >= 0.6 is 0 Å². The van der Waals surface area contributed by atoms with E-state index in [1.165, 1.54) is 19.1 Å². The Balaban J connectivity index is 1.49. The standard InChI is InChI=1S/C18H25N5O/c1-14(17(24)23-11-9-18(7-8-18)10-12-23)21-16(19)13-20-22-15-5-3-2-4-6-15/h2-6,13-14,22H,7-12H2,1H3,(H2,19,21)/b20-13-. The molecule has 1 aliphatic heterocycles. The lowest BCUT2D eigenvalue weighted by Gasteiger charge is -2.33. The normalized spacial score (nSPS) is 21.0. The summed E-state index contributed by atoms with van der Waals surface area (Å²) in [6.45, 7) is 3.49. The molecule has 1 spiro atoms. The molecule has 1 amide bonds. The predicted molar refractivity (Wildman–Crippen MR) is 97.1 cm³/mol. The number of hydrogen-bond acceptors (Lipinski definition) is 4. The van der Waals surface area contributed by atoms with Crippen molar-refractivity contribution in [3.63, 3.8) is 0 Å². The molecule has 6 nitrogen and oxygen atoms in total. The van der Waals surface area contributed by atoms with Crippen LogP contribution in [0, 0.1) is 5.41 Å². The lowest BCUT2D eigenvalue weighted by molar-refractivity contribution is -0.133. The van der Waals surface area contributed by atoms with Gasteiger partial charge in [0.25, 0.3) is 0 Å². The number of nitrogens with one attached hydrogen (secondary N) is 1. The lowest BCUT2D eigenvalue weighted by Crippen LogP contribution is -2.43. The van der Waals surface area contributed by atoms with Crippen molar-refractivity contribution in [2.75, 3.05) is 18.5 Å². The zero-order valence-corrected chi connectivity index (χ0v) is 14.1. The van der Waals surface area contributed by atoms with Crippen LogP contribution in [0.5, 0.6) is 0 Å². The first-order chi connectivity index (χ1) is 11.6. The fraction of sp³-hybridized carbons (Fsp3) is 0.500. The van der Waals surface area contributed by atoms with Gasteiger partial charge in [0.1, 0.15) is 11.9 Å². The number of hydrazone groups is 1. The average Bonchev–Trinajstić information content (AvgIpc) is 3.35. The third kappa shape index (κ3) is 4.13. The number of nitrogens with zero attached hydrogens (tertiary/aromatic N) is 3. The summed E-state index contributed by atoms with van der Waals surface area (Å²) in [7, 11) is 0. The van der Waals surface area contributed by atoms with Gasteiger partial charge in [-0.3, -0.25) is 15.2 Å². The van der Waals surface area contributed by atoms with Crippen LogP contribution in [0.3, 0.4) is 0 Å². The van der Waals surface area contributed by atoms with Crippen molar-refractivity contribution in [3.05, 3.63) is 30.3 Å². The van der Waals surface area contributed by atoms with E-state index in [9.17, 15) is 4.79 Å². The van der Waals surface area contributed by atoms with Crippen LogP contribution in [0.4, 0.5) is 5.69 Å².